The van der Waals surface area contributed by atoms with Crippen LogP contribution in [0, 0.1) is 0 Å². The smallest absolute Gasteiger partial charge is 0.374 e. The Balaban J connectivity index is 1.94. The normalized spacial score (nSPS) is 13.2. The Bertz CT molecular complexity index is 735. The van der Waals surface area contributed by atoms with Crippen molar-refractivity contribution in [2.45, 2.75) is 39.2 Å². The number of aromatic nitrogens is 1. The Hall–Kier alpha value is -2.89. The number of amidine groups is 1. The van der Waals surface area contributed by atoms with Crippen molar-refractivity contribution >= 4 is 11.8 Å². The number of benzene rings is 1. The Morgan fingerprint density at radius 2 is 1.88 bits per heavy atom. The van der Waals surface area contributed by atoms with Crippen LogP contribution in [0.15, 0.2) is 53.9 Å². The van der Waals surface area contributed by atoms with Crippen molar-refractivity contribution in [3.63, 3.8) is 0 Å². The van der Waals surface area contributed by atoms with E-state index in [0.29, 0.717) is 11.3 Å². The van der Waals surface area contributed by atoms with Crippen LogP contribution in [-0.2, 0) is 15.0 Å². The molecule has 0 bridgehead atoms. The molecule has 0 aliphatic carbocycles. The van der Waals surface area contributed by atoms with Gasteiger partial charge < -0.3 is 15.3 Å². The number of hydrogen-bond donors (Lipinski definition) is 1. The van der Waals surface area contributed by atoms with Crippen molar-refractivity contribution in [3.8, 4) is 5.75 Å². The molecule has 0 radical (unpaired) electrons. The van der Waals surface area contributed by atoms with E-state index in [1.54, 1.807) is 25.3 Å². The zero-order valence-electron chi connectivity index (χ0n) is 14.9. The Morgan fingerprint density at radius 3 is 2.44 bits per heavy atom. The van der Waals surface area contributed by atoms with Crippen molar-refractivity contribution in [2.75, 3.05) is 0 Å². The van der Waals surface area contributed by atoms with Gasteiger partial charge in [-0.3, -0.25) is 4.98 Å². The lowest BCUT2D eigenvalue weighted by atomic mass is 9.87. The molecule has 0 spiro atoms. The summed E-state index contributed by atoms with van der Waals surface area (Å²) in [6, 6.07) is 11.1. The quantitative estimate of drug-likeness (QED) is 0.391. The second-order valence-corrected chi connectivity index (χ2v) is 6.66. The third-order valence-corrected chi connectivity index (χ3v) is 3.56. The van der Waals surface area contributed by atoms with Gasteiger partial charge >= 0.3 is 5.97 Å². The molecule has 0 saturated heterocycles. The van der Waals surface area contributed by atoms with Gasteiger partial charge in [-0.2, -0.15) is 0 Å². The van der Waals surface area contributed by atoms with Crippen LogP contribution in [0.1, 0.15) is 38.8 Å². The van der Waals surface area contributed by atoms with E-state index < -0.39 is 12.1 Å². The van der Waals surface area contributed by atoms with Gasteiger partial charge in [-0.05, 0) is 42.2 Å². The first-order chi connectivity index (χ1) is 11.8. The number of carbonyl (C=O) groups excluding carboxylic acids is 1. The second kappa shape index (κ2) is 7.79. The molecule has 2 rings (SSSR count). The highest BCUT2D eigenvalue weighted by molar-refractivity contribution is 5.97. The van der Waals surface area contributed by atoms with Gasteiger partial charge in [-0.25, -0.2) is 4.79 Å². The van der Waals surface area contributed by atoms with Gasteiger partial charge in [0.15, 0.2) is 11.9 Å². The summed E-state index contributed by atoms with van der Waals surface area (Å²) in [7, 11) is 0. The summed E-state index contributed by atoms with van der Waals surface area (Å²) in [6.07, 6.45) is 2.33. The SMILES string of the molecule is C[C@@H](Oc1ccc(C(C)(C)C)cc1)C(=O)O/N=C(/N)c1cccnc1. The van der Waals surface area contributed by atoms with Crippen molar-refractivity contribution in [3.05, 3.63) is 59.9 Å². The third-order valence-electron chi connectivity index (χ3n) is 3.56. The molecule has 25 heavy (non-hydrogen) atoms. The summed E-state index contributed by atoms with van der Waals surface area (Å²) in [6.45, 7) is 7.99. The van der Waals surface area contributed by atoms with Gasteiger partial charge in [-0.15, -0.1) is 0 Å². The minimum absolute atomic E-state index is 0.0572. The van der Waals surface area contributed by atoms with Gasteiger partial charge in [0, 0.05) is 18.0 Å². The molecule has 132 valence electrons. The number of carbonyl (C=O) groups is 1. The van der Waals surface area contributed by atoms with Crippen LogP contribution in [0.5, 0.6) is 5.75 Å². The van der Waals surface area contributed by atoms with Crippen LogP contribution in [0.2, 0.25) is 0 Å². The Kier molecular flexibility index (Phi) is 5.75. The number of pyridine rings is 1. The maximum Gasteiger partial charge on any atom is 0.374 e. The minimum atomic E-state index is -0.814. The van der Waals surface area contributed by atoms with E-state index in [0.717, 1.165) is 0 Å². The second-order valence-electron chi connectivity index (χ2n) is 6.66. The van der Waals surface area contributed by atoms with Gasteiger partial charge in [0.2, 0.25) is 0 Å². The van der Waals surface area contributed by atoms with E-state index in [4.69, 9.17) is 15.3 Å². The summed E-state index contributed by atoms with van der Waals surface area (Å²) >= 11 is 0. The molecule has 0 saturated carbocycles. The summed E-state index contributed by atoms with van der Waals surface area (Å²) < 4.78 is 5.58. The molecule has 1 atom stereocenters. The summed E-state index contributed by atoms with van der Waals surface area (Å²) in [5.74, 6) is 0.0246. The number of hydrogen-bond acceptors (Lipinski definition) is 5. The molecule has 2 N–H and O–H groups in total. The predicted molar refractivity (Wildman–Crippen MR) is 96.3 cm³/mol. The van der Waals surface area contributed by atoms with Crippen LogP contribution in [0.3, 0.4) is 0 Å². The maximum atomic E-state index is 12.0. The fourth-order valence-corrected chi connectivity index (χ4v) is 2.02. The van der Waals surface area contributed by atoms with Crippen LogP contribution in [0.4, 0.5) is 0 Å². The van der Waals surface area contributed by atoms with Gasteiger partial charge in [0.25, 0.3) is 0 Å². The summed E-state index contributed by atoms with van der Waals surface area (Å²) in [5.41, 5.74) is 7.56. The van der Waals surface area contributed by atoms with Crippen molar-refractivity contribution in [1.82, 2.24) is 4.98 Å². The van der Waals surface area contributed by atoms with E-state index in [1.165, 1.54) is 11.8 Å². The third kappa shape index (κ3) is 5.31. The molecule has 0 unspecified atom stereocenters. The molecule has 6 heteroatoms. The van der Waals surface area contributed by atoms with Crippen molar-refractivity contribution in [1.29, 1.82) is 0 Å². The zero-order valence-corrected chi connectivity index (χ0v) is 14.9. The largest absolute Gasteiger partial charge is 0.479 e. The lowest BCUT2D eigenvalue weighted by molar-refractivity contribution is -0.151. The average Bonchev–Trinajstić information content (AvgIpc) is 2.59. The summed E-state index contributed by atoms with van der Waals surface area (Å²) in [5, 5.41) is 3.63. The van der Waals surface area contributed by atoms with Gasteiger partial charge in [0.05, 0.1) is 0 Å². The van der Waals surface area contributed by atoms with E-state index in [-0.39, 0.29) is 11.3 Å². The van der Waals surface area contributed by atoms with Crippen LogP contribution in [-0.4, -0.2) is 22.9 Å². The molecule has 1 heterocycles. The van der Waals surface area contributed by atoms with E-state index in [1.807, 2.05) is 24.3 Å². The molecular formula is C19H23N3O3. The predicted octanol–water partition coefficient (Wildman–Crippen LogP) is 3.01. The Labute approximate surface area is 147 Å². The van der Waals surface area contributed by atoms with E-state index in [2.05, 4.69) is 30.9 Å². The monoisotopic (exact) mass is 341 g/mol. The molecule has 0 aliphatic heterocycles. The standard InChI is InChI=1S/C19H23N3O3/c1-13(24-16-9-7-15(8-10-16)19(2,3)4)18(23)25-22-17(20)14-6-5-11-21-12-14/h5-13H,1-4H3,(H2,20,22)/t13-/m1/s1. The fraction of sp³-hybridized carbons (Fsp3) is 0.316. The number of nitrogens with zero attached hydrogens (tertiary/aromatic N) is 2. The highest BCUT2D eigenvalue weighted by Gasteiger charge is 2.18. The van der Waals surface area contributed by atoms with Crippen molar-refractivity contribution < 1.29 is 14.4 Å². The number of ether oxygens (including phenoxy) is 1. The first-order valence-corrected chi connectivity index (χ1v) is 7.99. The topological polar surface area (TPSA) is 86.8 Å². The maximum absolute atomic E-state index is 12.0. The first kappa shape index (κ1) is 18.4. The fourth-order valence-electron chi connectivity index (χ4n) is 2.02. The van der Waals surface area contributed by atoms with Gasteiger partial charge in [0.1, 0.15) is 5.75 Å². The molecule has 1 aromatic carbocycles. The lowest BCUT2D eigenvalue weighted by Crippen LogP contribution is -2.26. The Morgan fingerprint density at radius 1 is 1.20 bits per heavy atom. The van der Waals surface area contributed by atoms with Crippen LogP contribution < -0.4 is 10.5 Å². The first-order valence-electron chi connectivity index (χ1n) is 7.99. The van der Waals surface area contributed by atoms with Gasteiger partial charge in [-0.1, -0.05) is 38.1 Å². The number of nitrogens with two attached hydrogens (primary N) is 1. The molecule has 2 aromatic rings. The molecule has 1 aromatic heterocycles. The van der Waals surface area contributed by atoms with E-state index >= 15 is 0 Å². The lowest BCUT2D eigenvalue weighted by Gasteiger charge is -2.19. The molecule has 0 aliphatic rings. The minimum Gasteiger partial charge on any atom is -0.479 e. The van der Waals surface area contributed by atoms with Crippen LogP contribution >= 0.6 is 0 Å². The number of rotatable bonds is 5. The average molecular weight is 341 g/mol. The molecule has 0 amide bonds. The molecule has 0 fully saturated rings. The molecular weight excluding hydrogens is 318 g/mol. The van der Waals surface area contributed by atoms with E-state index in [9.17, 15) is 4.79 Å². The highest BCUT2D eigenvalue weighted by Crippen LogP contribution is 2.24. The number of oxime groups is 1. The van der Waals surface area contributed by atoms with Crippen LogP contribution in [0.25, 0.3) is 0 Å². The highest BCUT2D eigenvalue weighted by atomic mass is 16.7. The summed E-state index contributed by atoms with van der Waals surface area (Å²) in [4.78, 5) is 20.7. The zero-order chi connectivity index (χ0) is 18.4. The van der Waals surface area contributed by atoms with Crippen molar-refractivity contribution in [2.24, 2.45) is 10.9 Å². The molecule has 6 nitrogen and oxygen atoms in total.